The van der Waals surface area contributed by atoms with E-state index in [2.05, 4.69) is 63.4 Å². The standard InChI is InChI=1S/C24H23N7/c1-16-21(19-12-8-5-9-13-19)27-23(30(16)14-18-10-6-4-7-11-18)20-15-31-17(2)28-29-24(31)22(25-3)26-20/h4-13,15H,14H2,1-3H3,(H,25,26). The van der Waals surface area contributed by atoms with Crippen molar-refractivity contribution < 1.29 is 0 Å². The molecule has 7 nitrogen and oxygen atoms in total. The lowest BCUT2D eigenvalue weighted by Crippen LogP contribution is -2.07. The third-order valence-corrected chi connectivity index (χ3v) is 5.48. The van der Waals surface area contributed by atoms with E-state index in [4.69, 9.17) is 9.97 Å². The van der Waals surface area contributed by atoms with E-state index >= 15 is 0 Å². The van der Waals surface area contributed by atoms with Crippen LogP contribution in [0.4, 0.5) is 5.82 Å². The Labute approximate surface area is 180 Å². The molecule has 0 bridgehead atoms. The number of hydrogen-bond donors (Lipinski definition) is 1. The highest BCUT2D eigenvalue weighted by Gasteiger charge is 2.20. The molecule has 1 N–H and O–H groups in total. The number of nitrogens with zero attached hydrogens (tertiary/aromatic N) is 6. The van der Waals surface area contributed by atoms with Gasteiger partial charge in [-0.2, -0.15) is 0 Å². The van der Waals surface area contributed by atoms with Crippen molar-refractivity contribution >= 4 is 11.5 Å². The SMILES string of the molecule is CNc1nc(-c2nc(-c3ccccc3)c(C)n2Cc2ccccc2)cn2c(C)nnc12. The second-order valence-electron chi connectivity index (χ2n) is 7.47. The molecule has 0 radical (unpaired) electrons. The molecule has 3 heterocycles. The third-order valence-electron chi connectivity index (χ3n) is 5.48. The van der Waals surface area contributed by atoms with E-state index in [9.17, 15) is 0 Å². The lowest BCUT2D eigenvalue weighted by Gasteiger charge is -2.12. The fraction of sp³-hybridized carbons (Fsp3) is 0.167. The van der Waals surface area contributed by atoms with E-state index in [1.54, 1.807) is 0 Å². The van der Waals surface area contributed by atoms with Crippen molar-refractivity contribution in [1.82, 2.24) is 29.1 Å². The van der Waals surface area contributed by atoms with Crippen LogP contribution in [0.15, 0.2) is 66.9 Å². The van der Waals surface area contributed by atoms with E-state index in [0.29, 0.717) is 18.0 Å². The lowest BCUT2D eigenvalue weighted by atomic mass is 10.1. The van der Waals surface area contributed by atoms with Gasteiger partial charge in [-0.25, -0.2) is 9.97 Å². The van der Waals surface area contributed by atoms with Gasteiger partial charge < -0.3 is 9.88 Å². The topological polar surface area (TPSA) is 72.9 Å². The Hall–Kier alpha value is -4.00. The third kappa shape index (κ3) is 3.34. The molecular weight excluding hydrogens is 386 g/mol. The fourth-order valence-electron chi connectivity index (χ4n) is 3.84. The summed E-state index contributed by atoms with van der Waals surface area (Å²) in [7, 11) is 1.84. The van der Waals surface area contributed by atoms with Gasteiger partial charge in [0.2, 0.25) is 5.65 Å². The number of benzene rings is 2. The van der Waals surface area contributed by atoms with Crippen LogP contribution in [-0.4, -0.2) is 36.2 Å². The number of aromatic nitrogens is 6. The number of rotatable bonds is 5. The maximum absolute atomic E-state index is 5.06. The van der Waals surface area contributed by atoms with Crippen molar-refractivity contribution in [2.45, 2.75) is 20.4 Å². The van der Waals surface area contributed by atoms with Crippen LogP contribution in [0.2, 0.25) is 0 Å². The molecule has 5 aromatic rings. The predicted molar refractivity (Wildman–Crippen MR) is 122 cm³/mol. The van der Waals surface area contributed by atoms with Gasteiger partial charge in [0.25, 0.3) is 0 Å². The Morgan fingerprint density at radius 2 is 1.58 bits per heavy atom. The zero-order chi connectivity index (χ0) is 21.4. The molecule has 0 saturated heterocycles. The number of nitrogens with one attached hydrogen (secondary N) is 1. The molecule has 0 saturated carbocycles. The average molecular weight is 409 g/mol. The molecular formula is C24H23N7. The van der Waals surface area contributed by atoms with Gasteiger partial charge >= 0.3 is 0 Å². The van der Waals surface area contributed by atoms with Gasteiger partial charge in [0.1, 0.15) is 11.5 Å². The first kappa shape index (κ1) is 19.0. The molecule has 0 aliphatic heterocycles. The minimum absolute atomic E-state index is 0.672. The Kier molecular flexibility index (Phi) is 4.71. The first-order valence-electron chi connectivity index (χ1n) is 10.2. The first-order valence-corrected chi connectivity index (χ1v) is 10.2. The molecule has 3 aromatic heterocycles. The summed E-state index contributed by atoms with van der Waals surface area (Å²) in [5, 5.41) is 11.6. The monoisotopic (exact) mass is 409 g/mol. The molecule has 0 spiro atoms. The van der Waals surface area contributed by atoms with E-state index in [1.807, 2.05) is 48.8 Å². The Balaban J connectivity index is 1.74. The molecule has 0 aliphatic rings. The van der Waals surface area contributed by atoms with Crippen LogP contribution >= 0.6 is 0 Å². The molecule has 7 heteroatoms. The highest BCUT2D eigenvalue weighted by Crippen LogP contribution is 2.30. The van der Waals surface area contributed by atoms with Crippen LogP contribution in [0.3, 0.4) is 0 Å². The van der Waals surface area contributed by atoms with Crippen molar-refractivity contribution in [3.63, 3.8) is 0 Å². The summed E-state index contributed by atoms with van der Waals surface area (Å²) in [6, 6.07) is 20.7. The van der Waals surface area contributed by atoms with Gasteiger partial charge in [0, 0.05) is 31.0 Å². The number of anilines is 1. The molecule has 0 unspecified atom stereocenters. The van der Waals surface area contributed by atoms with Crippen LogP contribution in [0.5, 0.6) is 0 Å². The largest absolute Gasteiger partial charge is 0.370 e. The molecule has 0 amide bonds. The fourth-order valence-corrected chi connectivity index (χ4v) is 3.84. The number of hydrogen-bond acceptors (Lipinski definition) is 5. The summed E-state index contributed by atoms with van der Waals surface area (Å²) >= 11 is 0. The lowest BCUT2D eigenvalue weighted by molar-refractivity contribution is 0.776. The van der Waals surface area contributed by atoms with E-state index in [0.717, 1.165) is 34.3 Å². The molecule has 154 valence electrons. The highest BCUT2D eigenvalue weighted by molar-refractivity contribution is 5.70. The Morgan fingerprint density at radius 3 is 2.29 bits per heavy atom. The van der Waals surface area contributed by atoms with Crippen molar-refractivity contribution in [3.05, 3.63) is 83.9 Å². The van der Waals surface area contributed by atoms with Gasteiger partial charge in [-0.3, -0.25) is 4.40 Å². The van der Waals surface area contributed by atoms with Gasteiger partial charge in [0.05, 0.1) is 5.69 Å². The van der Waals surface area contributed by atoms with E-state index in [-0.39, 0.29) is 0 Å². The van der Waals surface area contributed by atoms with Crippen molar-refractivity contribution in [1.29, 1.82) is 0 Å². The minimum atomic E-state index is 0.672. The molecule has 0 fully saturated rings. The second-order valence-corrected chi connectivity index (χ2v) is 7.47. The van der Waals surface area contributed by atoms with Gasteiger partial charge in [-0.1, -0.05) is 60.7 Å². The molecule has 31 heavy (non-hydrogen) atoms. The predicted octanol–water partition coefficient (Wildman–Crippen LogP) is 4.36. The molecule has 0 atom stereocenters. The number of fused-ring (bicyclic) bond motifs is 1. The van der Waals surface area contributed by atoms with Gasteiger partial charge in [0.15, 0.2) is 11.6 Å². The maximum atomic E-state index is 5.06. The van der Waals surface area contributed by atoms with Gasteiger partial charge in [-0.15, -0.1) is 10.2 Å². The summed E-state index contributed by atoms with van der Waals surface area (Å²) in [6.07, 6.45) is 1.96. The zero-order valence-corrected chi connectivity index (χ0v) is 17.7. The quantitative estimate of drug-likeness (QED) is 0.467. The Morgan fingerprint density at radius 1 is 0.871 bits per heavy atom. The first-order chi connectivity index (χ1) is 15.2. The zero-order valence-electron chi connectivity index (χ0n) is 17.7. The number of aryl methyl sites for hydroxylation is 1. The van der Waals surface area contributed by atoms with Crippen LogP contribution < -0.4 is 5.32 Å². The maximum Gasteiger partial charge on any atom is 0.203 e. The Bertz CT molecular complexity index is 1350. The molecule has 2 aromatic carbocycles. The summed E-state index contributed by atoms with van der Waals surface area (Å²) in [6.45, 7) is 4.75. The normalized spacial score (nSPS) is 11.2. The summed E-state index contributed by atoms with van der Waals surface area (Å²) < 4.78 is 4.18. The van der Waals surface area contributed by atoms with Crippen molar-refractivity contribution in [2.24, 2.45) is 0 Å². The summed E-state index contributed by atoms with van der Waals surface area (Å²) in [4.78, 5) is 9.90. The number of imidazole rings is 1. The van der Waals surface area contributed by atoms with Crippen molar-refractivity contribution in [3.8, 4) is 22.8 Å². The highest BCUT2D eigenvalue weighted by atomic mass is 15.3. The van der Waals surface area contributed by atoms with Crippen LogP contribution in [0, 0.1) is 13.8 Å². The molecule has 0 aliphatic carbocycles. The van der Waals surface area contributed by atoms with Gasteiger partial charge in [-0.05, 0) is 19.4 Å². The summed E-state index contributed by atoms with van der Waals surface area (Å²) in [5.41, 5.74) is 5.81. The van der Waals surface area contributed by atoms with Crippen LogP contribution in [-0.2, 0) is 6.54 Å². The smallest absolute Gasteiger partial charge is 0.203 e. The van der Waals surface area contributed by atoms with Crippen LogP contribution in [0.25, 0.3) is 28.4 Å². The van der Waals surface area contributed by atoms with Crippen molar-refractivity contribution in [2.75, 3.05) is 12.4 Å². The van der Waals surface area contributed by atoms with Crippen LogP contribution in [0.1, 0.15) is 17.1 Å². The second kappa shape index (κ2) is 7.68. The van der Waals surface area contributed by atoms with E-state index in [1.165, 1.54) is 5.56 Å². The summed E-state index contributed by atoms with van der Waals surface area (Å²) in [5.74, 6) is 2.29. The van der Waals surface area contributed by atoms with E-state index < -0.39 is 0 Å². The average Bonchev–Trinajstić information content (AvgIpc) is 3.35. The minimum Gasteiger partial charge on any atom is -0.370 e. The molecule has 5 rings (SSSR count).